The van der Waals surface area contributed by atoms with Crippen molar-refractivity contribution in [1.82, 2.24) is 0 Å². The van der Waals surface area contributed by atoms with Crippen LogP contribution in [-0.4, -0.2) is 45.1 Å². The Bertz CT molecular complexity index is 234. The number of carbonyl (C=O) groups excluding carboxylic acids is 2. The third-order valence-corrected chi connectivity index (χ3v) is 2.74. The maximum Gasteiger partial charge on any atom is 0.306 e. The average Bonchev–Trinajstić information content (AvgIpc) is 2.33. The Balaban J connectivity index is 4.33. The van der Waals surface area contributed by atoms with Gasteiger partial charge in [0, 0.05) is 12.9 Å². The lowest BCUT2D eigenvalue weighted by molar-refractivity contribution is -0.152. The maximum absolute atomic E-state index is 11.3. The summed E-state index contributed by atoms with van der Waals surface area (Å²) in [6.45, 7) is 3.04. The van der Waals surface area contributed by atoms with Crippen LogP contribution in [0, 0.1) is 5.41 Å². The van der Waals surface area contributed by atoms with Crippen molar-refractivity contribution in [2.75, 3.05) is 32.7 Å². The highest BCUT2D eigenvalue weighted by Crippen LogP contribution is 2.23. The molecule has 0 aromatic rings. The summed E-state index contributed by atoms with van der Waals surface area (Å²) < 4.78 is 15.0. The van der Waals surface area contributed by atoms with Crippen molar-refractivity contribution in [2.45, 2.75) is 19.8 Å². The molecule has 1 atom stereocenters. The van der Waals surface area contributed by atoms with E-state index in [9.17, 15) is 9.59 Å². The van der Waals surface area contributed by atoms with Gasteiger partial charge in [0.1, 0.15) is 13.2 Å². The third kappa shape index (κ3) is 6.53. The molecule has 0 spiro atoms. The summed E-state index contributed by atoms with van der Waals surface area (Å²) in [7, 11) is 1.56. The predicted molar refractivity (Wildman–Crippen MR) is 66.0 cm³/mol. The zero-order chi connectivity index (χ0) is 13.1. The first-order valence-corrected chi connectivity index (χ1v) is 6.08. The summed E-state index contributed by atoms with van der Waals surface area (Å²) in [4.78, 5) is 21.5. The van der Waals surface area contributed by atoms with Gasteiger partial charge in [-0.15, -0.1) is 0 Å². The van der Waals surface area contributed by atoms with Gasteiger partial charge in [0.2, 0.25) is 0 Å². The van der Waals surface area contributed by atoms with Crippen LogP contribution in [0.25, 0.3) is 0 Å². The fourth-order valence-corrected chi connectivity index (χ4v) is 1.53. The molecule has 0 rings (SSSR count). The molecule has 0 heterocycles. The topological polar surface area (TPSA) is 61.8 Å². The van der Waals surface area contributed by atoms with Crippen molar-refractivity contribution in [3.05, 3.63) is 0 Å². The van der Waals surface area contributed by atoms with Gasteiger partial charge in [-0.1, -0.05) is 6.92 Å². The monoisotopic (exact) mass is 264 g/mol. The van der Waals surface area contributed by atoms with Crippen LogP contribution in [0.4, 0.5) is 0 Å². The number of methoxy groups -OCH3 is 1. The van der Waals surface area contributed by atoms with Gasteiger partial charge >= 0.3 is 5.97 Å². The van der Waals surface area contributed by atoms with Gasteiger partial charge in [0.25, 0.3) is 6.47 Å². The number of thiol groups is 1. The van der Waals surface area contributed by atoms with Crippen molar-refractivity contribution in [1.29, 1.82) is 0 Å². The Morgan fingerprint density at radius 2 is 2.06 bits per heavy atom. The molecular weight excluding hydrogens is 244 g/mol. The van der Waals surface area contributed by atoms with E-state index in [0.29, 0.717) is 25.3 Å². The molecule has 100 valence electrons. The average molecular weight is 264 g/mol. The summed E-state index contributed by atoms with van der Waals surface area (Å²) in [6.07, 6.45) is 0.952. The molecule has 5 nitrogen and oxygen atoms in total. The van der Waals surface area contributed by atoms with E-state index in [0.717, 1.165) is 0 Å². The van der Waals surface area contributed by atoms with E-state index in [4.69, 9.17) is 14.2 Å². The summed E-state index contributed by atoms with van der Waals surface area (Å²) in [5, 5.41) is 0. The molecule has 0 aliphatic carbocycles. The minimum Gasteiger partial charge on any atom is -0.467 e. The highest BCUT2D eigenvalue weighted by atomic mass is 32.1. The fraction of sp³-hybridized carbons (Fsp3) is 0.818. The Kier molecular flexibility index (Phi) is 8.89. The second-order valence-electron chi connectivity index (χ2n) is 3.83. The molecule has 17 heavy (non-hydrogen) atoms. The standard InChI is InChI=1S/C11H20O5S/c1-3-11(6-14-2,7-15-9-12)8-16-10(13)4-5-17/h9,17H,3-8H2,1-2H3. The first-order valence-electron chi connectivity index (χ1n) is 5.45. The van der Waals surface area contributed by atoms with Gasteiger partial charge in [0.05, 0.1) is 18.4 Å². The van der Waals surface area contributed by atoms with Crippen LogP contribution in [0.2, 0.25) is 0 Å². The highest BCUT2D eigenvalue weighted by Gasteiger charge is 2.31. The Labute approximate surface area is 107 Å². The minimum atomic E-state index is -0.470. The minimum absolute atomic E-state index is 0.176. The molecule has 6 heteroatoms. The molecule has 0 aromatic heterocycles. The highest BCUT2D eigenvalue weighted by molar-refractivity contribution is 7.80. The van der Waals surface area contributed by atoms with E-state index in [1.165, 1.54) is 0 Å². The van der Waals surface area contributed by atoms with Crippen LogP contribution in [0.1, 0.15) is 19.8 Å². The molecule has 1 unspecified atom stereocenters. The molecule has 0 amide bonds. The number of esters is 1. The molecule has 0 fully saturated rings. The van der Waals surface area contributed by atoms with Crippen molar-refractivity contribution >= 4 is 25.1 Å². The van der Waals surface area contributed by atoms with Gasteiger partial charge in [-0.25, -0.2) is 0 Å². The van der Waals surface area contributed by atoms with E-state index < -0.39 is 5.41 Å². The summed E-state index contributed by atoms with van der Waals surface area (Å²) in [6, 6.07) is 0. The van der Waals surface area contributed by atoms with Crippen LogP contribution >= 0.6 is 12.6 Å². The first kappa shape index (κ1) is 16.2. The molecule has 0 aliphatic heterocycles. The van der Waals surface area contributed by atoms with Crippen LogP contribution in [0.15, 0.2) is 0 Å². The molecule has 0 N–H and O–H groups in total. The zero-order valence-corrected chi connectivity index (χ0v) is 11.2. The van der Waals surface area contributed by atoms with E-state index in [-0.39, 0.29) is 25.6 Å². The van der Waals surface area contributed by atoms with Crippen LogP contribution in [-0.2, 0) is 23.8 Å². The second kappa shape index (κ2) is 9.30. The number of rotatable bonds is 10. The number of hydrogen-bond acceptors (Lipinski definition) is 6. The molecule has 0 bridgehead atoms. The Hall–Kier alpha value is -0.750. The van der Waals surface area contributed by atoms with E-state index in [1.807, 2.05) is 6.92 Å². The van der Waals surface area contributed by atoms with Gasteiger partial charge in [0.15, 0.2) is 0 Å². The van der Waals surface area contributed by atoms with Gasteiger partial charge in [-0.3, -0.25) is 9.59 Å². The summed E-state index contributed by atoms with van der Waals surface area (Å²) in [5.74, 6) is 0.146. The van der Waals surface area contributed by atoms with Gasteiger partial charge in [-0.05, 0) is 6.42 Å². The quantitative estimate of drug-likeness (QED) is 0.363. The molecule has 0 saturated carbocycles. The van der Waals surface area contributed by atoms with E-state index in [2.05, 4.69) is 12.6 Å². The van der Waals surface area contributed by atoms with Crippen molar-refractivity contribution in [3.8, 4) is 0 Å². The molecule has 0 aliphatic rings. The molecular formula is C11H20O5S. The van der Waals surface area contributed by atoms with Gasteiger partial charge < -0.3 is 14.2 Å². The number of carbonyl (C=O) groups is 2. The molecule has 0 aromatic carbocycles. The number of ether oxygens (including phenoxy) is 3. The SMILES string of the molecule is CCC(COC)(COC=O)COC(=O)CCS. The Morgan fingerprint density at radius 3 is 2.53 bits per heavy atom. The lowest BCUT2D eigenvalue weighted by Crippen LogP contribution is -2.37. The maximum atomic E-state index is 11.3. The largest absolute Gasteiger partial charge is 0.467 e. The molecule has 0 radical (unpaired) electrons. The Morgan fingerprint density at radius 1 is 1.35 bits per heavy atom. The van der Waals surface area contributed by atoms with Crippen LogP contribution < -0.4 is 0 Å². The normalized spacial score (nSPS) is 13.8. The smallest absolute Gasteiger partial charge is 0.306 e. The first-order chi connectivity index (χ1) is 8.14. The number of hydrogen-bond donors (Lipinski definition) is 1. The predicted octanol–water partition coefficient (Wildman–Crippen LogP) is 1.07. The summed E-state index contributed by atoms with van der Waals surface area (Å²) in [5.41, 5.74) is -0.470. The molecule has 0 saturated heterocycles. The third-order valence-electron chi connectivity index (χ3n) is 2.51. The van der Waals surface area contributed by atoms with E-state index >= 15 is 0 Å². The summed E-state index contributed by atoms with van der Waals surface area (Å²) >= 11 is 3.95. The van der Waals surface area contributed by atoms with Crippen molar-refractivity contribution < 1.29 is 23.8 Å². The second-order valence-corrected chi connectivity index (χ2v) is 4.28. The van der Waals surface area contributed by atoms with Crippen molar-refractivity contribution in [3.63, 3.8) is 0 Å². The lowest BCUT2D eigenvalue weighted by atomic mass is 9.88. The van der Waals surface area contributed by atoms with E-state index in [1.54, 1.807) is 7.11 Å². The van der Waals surface area contributed by atoms with Crippen LogP contribution in [0.3, 0.4) is 0 Å². The van der Waals surface area contributed by atoms with Crippen molar-refractivity contribution in [2.24, 2.45) is 5.41 Å². The van der Waals surface area contributed by atoms with Crippen LogP contribution in [0.5, 0.6) is 0 Å². The lowest BCUT2D eigenvalue weighted by Gasteiger charge is -2.30. The van der Waals surface area contributed by atoms with Gasteiger partial charge in [-0.2, -0.15) is 12.6 Å². The fourth-order valence-electron chi connectivity index (χ4n) is 1.35. The zero-order valence-electron chi connectivity index (χ0n) is 10.3.